The Morgan fingerprint density at radius 1 is 1.30 bits per heavy atom. The number of hydrogen-bond acceptors (Lipinski definition) is 0. The van der Waals surface area contributed by atoms with Gasteiger partial charge >= 0.3 is 0 Å². The fraction of sp³-hybridized carbons (Fsp3) is 0.700. The molecule has 2 aliphatic rings. The predicted octanol–water partition coefficient (Wildman–Crippen LogP) is 2.96. The Hall–Kier alpha value is -0.260. The molecule has 0 bridgehead atoms. The van der Waals surface area contributed by atoms with E-state index in [1.807, 2.05) is 0 Å². The van der Waals surface area contributed by atoms with Gasteiger partial charge in [-0.3, -0.25) is 0 Å². The maximum Gasteiger partial charge on any atom is 0.00483 e. The highest BCUT2D eigenvalue weighted by molar-refractivity contribution is 5.47. The van der Waals surface area contributed by atoms with E-state index < -0.39 is 0 Å². The molecule has 1 unspecified atom stereocenters. The van der Waals surface area contributed by atoms with Crippen LogP contribution in [-0.2, 0) is 0 Å². The fourth-order valence-electron chi connectivity index (χ4n) is 2.35. The van der Waals surface area contributed by atoms with Gasteiger partial charge in [-0.1, -0.05) is 25.0 Å². The van der Waals surface area contributed by atoms with E-state index in [-0.39, 0.29) is 0 Å². The van der Waals surface area contributed by atoms with Crippen molar-refractivity contribution in [2.75, 3.05) is 0 Å². The lowest BCUT2D eigenvalue weighted by molar-refractivity contribution is 0.763. The molecule has 0 heterocycles. The van der Waals surface area contributed by atoms with Gasteiger partial charge in [0, 0.05) is 5.92 Å². The number of rotatable bonds is 1. The molecule has 0 heteroatoms. The monoisotopic (exact) mass is 135 g/mol. The summed E-state index contributed by atoms with van der Waals surface area (Å²) in [6.07, 6.45) is 2.80. The Morgan fingerprint density at radius 2 is 2.00 bits per heavy atom. The largest absolute Gasteiger partial charge is 0.0729 e. The van der Waals surface area contributed by atoms with Crippen molar-refractivity contribution in [1.82, 2.24) is 0 Å². The van der Waals surface area contributed by atoms with Crippen LogP contribution in [0, 0.1) is 17.8 Å². The molecular formula is C10H15. The van der Waals surface area contributed by atoms with Crippen LogP contribution in [0.5, 0.6) is 0 Å². The molecule has 1 radical (unpaired) electrons. The SMILES string of the molecule is CC1=C(C(C)C)[C]2CC2C1. The number of allylic oxidation sites excluding steroid dienone is 2. The fourth-order valence-corrected chi connectivity index (χ4v) is 2.35. The van der Waals surface area contributed by atoms with Crippen LogP contribution >= 0.6 is 0 Å². The third-order valence-corrected chi connectivity index (χ3v) is 2.73. The van der Waals surface area contributed by atoms with Gasteiger partial charge in [0.15, 0.2) is 0 Å². The van der Waals surface area contributed by atoms with E-state index in [0.717, 1.165) is 11.8 Å². The molecular weight excluding hydrogens is 120 g/mol. The van der Waals surface area contributed by atoms with Gasteiger partial charge in [0.2, 0.25) is 0 Å². The van der Waals surface area contributed by atoms with Gasteiger partial charge in [-0.05, 0) is 31.6 Å². The van der Waals surface area contributed by atoms with E-state index in [1.54, 1.807) is 17.1 Å². The average molecular weight is 135 g/mol. The van der Waals surface area contributed by atoms with E-state index in [0.29, 0.717) is 0 Å². The van der Waals surface area contributed by atoms with E-state index in [9.17, 15) is 0 Å². The minimum absolute atomic E-state index is 0.780. The lowest BCUT2D eigenvalue weighted by Crippen LogP contribution is -1.94. The maximum absolute atomic E-state index is 2.31. The summed E-state index contributed by atoms with van der Waals surface area (Å²) in [5, 5.41) is 0. The average Bonchev–Trinajstić information content (AvgIpc) is 2.42. The van der Waals surface area contributed by atoms with Crippen LogP contribution in [0.25, 0.3) is 0 Å². The highest BCUT2D eigenvalue weighted by Crippen LogP contribution is 2.58. The Kier molecular flexibility index (Phi) is 1.21. The standard InChI is InChI=1S/C10H15/c1-6(2)10-7(3)4-8-5-9(8)10/h6,8H,4-5H2,1-3H3. The quantitative estimate of drug-likeness (QED) is 0.518. The summed E-state index contributed by atoms with van der Waals surface area (Å²) in [7, 11) is 0. The Morgan fingerprint density at radius 3 is 2.30 bits per heavy atom. The summed E-state index contributed by atoms with van der Waals surface area (Å²) < 4.78 is 0. The molecule has 0 aromatic heterocycles. The van der Waals surface area contributed by atoms with Gasteiger partial charge in [-0.15, -0.1) is 0 Å². The molecule has 1 saturated carbocycles. The second-order valence-electron chi connectivity index (χ2n) is 3.98. The van der Waals surface area contributed by atoms with Crippen molar-refractivity contribution in [1.29, 1.82) is 0 Å². The molecule has 0 nitrogen and oxygen atoms in total. The van der Waals surface area contributed by atoms with Crippen molar-refractivity contribution in [2.24, 2.45) is 11.8 Å². The third-order valence-electron chi connectivity index (χ3n) is 2.73. The first kappa shape index (κ1) is 6.45. The molecule has 1 atom stereocenters. The van der Waals surface area contributed by atoms with Gasteiger partial charge in [-0.2, -0.15) is 0 Å². The van der Waals surface area contributed by atoms with Crippen molar-refractivity contribution in [3.05, 3.63) is 17.1 Å². The molecule has 10 heavy (non-hydrogen) atoms. The first-order valence-electron chi connectivity index (χ1n) is 4.26. The van der Waals surface area contributed by atoms with E-state index in [1.165, 1.54) is 12.8 Å². The molecule has 55 valence electrons. The molecule has 0 spiro atoms. The van der Waals surface area contributed by atoms with Gasteiger partial charge in [0.25, 0.3) is 0 Å². The Balaban J connectivity index is 2.23. The molecule has 1 fully saturated rings. The molecule has 0 aliphatic heterocycles. The smallest absolute Gasteiger partial charge is 0.00483 e. The normalized spacial score (nSPS) is 31.8. The van der Waals surface area contributed by atoms with Crippen molar-refractivity contribution >= 4 is 0 Å². The number of fused-ring (bicyclic) bond motifs is 1. The molecule has 0 amide bonds. The lowest BCUT2D eigenvalue weighted by Gasteiger charge is -2.09. The van der Waals surface area contributed by atoms with Crippen LogP contribution in [0.15, 0.2) is 11.1 Å². The van der Waals surface area contributed by atoms with Crippen LogP contribution in [0.3, 0.4) is 0 Å². The van der Waals surface area contributed by atoms with Crippen molar-refractivity contribution in [3.63, 3.8) is 0 Å². The highest BCUT2D eigenvalue weighted by atomic mass is 14.5. The van der Waals surface area contributed by atoms with Crippen molar-refractivity contribution in [2.45, 2.75) is 33.6 Å². The first-order valence-corrected chi connectivity index (χ1v) is 4.26. The summed E-state index contributed by atoms with van der Waals surface area (Å²) in [6.45, 7) is 6.92. The zero-order valence-corrected chi connectivity index (χ0v) is 7.07. The van der Waals surface area contributed by atoms with E-state index >= 15 is 0 Å². The molecule has 0 aromatic carbocycles. The van der Waals surface area contributed by atoms with Gasteiger partial charge in [0.05, 0.1) is 0 Å². The van der Waals surface area contributed by atoms with E-state index in [4.69, 9.17) is 0 Å². The van der Waals surface area contributed by atoms with Gasteiger partial charge < -0.3 is 0 Å². The van der Waals surface area contributed by atoms with Gasteiger partial charge in [0.1, 0.15) is 0 Å². The van der Waals surface area contributed by atoms with Gasteiger partial charge in [-0.25, -0.2) is 0 Å². The van der Waals surface area contributed by atoms with Crippen molar-refractivity contribution in [3.8, 4) is 0 Å². The summed E-state index contributed by atoms with van der Waals surface area (Å²) in [5.74, 6) is 3.56. The predicted molar refractivity (Wildman–Crippen MR) is 43.5 cm³/mol. The summed E-state index contributed by atoms with van der Waals surface area (Å²) in [6, 6.07) is 0. The minimum atomic E-state index is 0.780. The van der Waals surface area contributed by atoms with Crippen LogP contribution in [0.2, 0.25) is 0 Å². The summed E-state index contributed by atoms with van der Waals surface area (Å²) in [4.78, 5) is 0. The Bertz CT molecular complexity index is 186. The zero-order valence-electron chi connectivity index (χ0n) is 7.07. The first-order chi connectivity index (χ1) is 4.70. The summed E-state index contributed by atoms with van der Waals surface area (Å²) >= 11 is 0. The van der Waals surface area contributed by atoms with Crippen LogP contribution in [-0.4, -0.2) is 0 Å². The molecule has 0 aromatic rings. The second-order valence-corrected chi connectivity index (χ2v) is 3.98. The molecule has 0 N–H and O–H groups in total. The third kappa shape index (κ3) is 0.744. The molecule has 2 aliphatic carbocycles. The van der Waals surface area contributed by atoms with Crippen LogP contribution in [0.4, 0.5) is 0 Å². The lowest BCUT2D eigenvalue weighted by atomic mass is 9.97. The molecule has 2 rings (SSSR count). The minimum Gasteiger partial charge on any atom is -0.0729 e. The summed E-state index contributed by atoms with van der Waals surface area (Å²) in [5.41, 5.74) is 3.38. The van der Waals surface area contributed by atoms with Crippen molar-refractivity contribution < 1.29 is 0 Å². The van der Waals surface area contributed by atoms with Crippen LogP contribution < -0.4 is 0 Å². The highest BCUT2D eigenvalue weighted by Gasteiger charge is 2.46. The zero-order chi connectivity index (χ0) is 7.30. The number of hydrogen-bond donors (Lipinski definition) is 0. The second kappa shape index (κ2) is 1.87. The molecule has 0 saturated heterocycles. The topological polar surface area (TPSA) is 0 Å². The Labute approximate surface area is 63.3 Å². The van der Waals surface area contributed by atoms with E-state index in [2.05, 4.69) is 20.8 Å². The van der Waals surface area contributed by atoms with Crippen LogP contribution in [0.1, 0.15) is 33.6 Å². The maximum atomic E-state index is 2.31.